The number of nitrogen functional groups attached to an aromatic ring is 1. The number of nitrogens with zero attached hydrogens (tertiary/aromatic N) is 3. The third-order valence-electron chi connectivity index (χ3n) is 5.74. The van der Waals surface area contributed by atoms with E-state index in [1.54, 1.807) is 13.0 Å². The maximum atomic E-state index is 13.8. The summed E-state index contributed by atoms with van der Waals surface area (Å²) >= 11 is 0. The number of aromatic nitrogens is 2. The zero-order valence-corrected chi connectivity index (χ0v) is 15.7. The number of hydrogen-bond donors (Lipinski definition) is 1. The Labute approximate surface area is 158 Å². The van der Waals surface area contributed by atoms with E-state index in [1.165, 1.54) is 0 Å². The molecule has 0 saturated carbocycles. The van der Waals surface area contributed by atoms with Crippen LogP contribution in [0.3, 0.4) is 0 Å². The summed E-state index contributed by atoms with van der Waals surface area (Å²) in [6.45, 7) is 3.15. The van der Waals surface area contributed by atoms with Crippen LogP contribution in [0.1, 0.15) is 52.1 Å². The normalized spacial score (nSPS) is 19.2. The van der Waals surface area contributed by atoms with Crippen LogP contribution in [0.2, 0.25) is 0 Å². The third kappa shape index (κ3) is 3.66. The van der Waals surface area contributed by atoms with Gasteiger partial charge in [0.05, 0.1) is 0 Å². The summed E-state index contributed by atoms with van der Waals surface area (Å²) in [5.41, 5.74) is 9.89. The van der Waals surface area contributed by atoms with Crippen molar-refractivity contribution in [3.8, 4) is 0 Å². The molecule has 2 aliphatic rings. The van der Waals surface area contributed by atoms with Gasteiger partial charge in [0.25, 0.3) is 5.91 Å². The van der Waals surface area contributed by atoms with E-state index in [2.05, 4.69) is 9.97 Å². The first-order valence-corrected chi connectivity index (χ1v) is 9.71. The second-order valence-electron chi connectivity index (χ2n) is 7.76. The number of nitrogens with two attached hydrogens (primary N) is 1. The van der Waals surface area contributed by atoms with Gasteiger partial charge in [-0.05, 0) is 68.6 Å². The number of fused-ring (bicyclic) bond motifs is 1. The molecule has 1 aromatic heterocycles. The second-order valence-corrected chi connectivity index (χ2v) is 7.76. The molecule has 0 bridgehead atoms. The van der Waals surface area contributed by atoms with Gasteiger partial charge in [0.15, 0.2) is 0 Å². The van der Waals surface area contributed by atoms with Gasteiger partial charge in [0.2, 0.25) is 5.95 Å². The van der Waals surface area contributed by atoms with Gasteiger partial charge in [-0.15, -0.1) is 0 Å². The number of anilines is 1. The summed E-state index contributed by atoms with van der Waals surface area (Å²) in [4.78, 5) is 23.6. The monoisotopic (exact) mass is 368 g/mol. The maximum Gasteiger partial charge on any atom is 0.272 e. The average Bonchev–Trinajstić information content (AvgIpc) is 3.12. The highest BCUT2D eigenvalue weighted by Crippen LogP contribution is 2.27. The SMILES string of the molecule is Cc1ccc(CC2CCN(C(=O)c3nc(N)nc4c3CCCC4)C2)cc1F. The van der Waals surface area contributed by atoms with Crippen LogP contribution in [0.15, 0.2) is 18.2 Å². The highest BCUT2D eigenvalue weighted by molar-refractivity contribution is 5.94. The van der Waals surface area contributed by atoms with Crippen molar-refractivity contribution in [3.05, 3.63) is 52.1 Å². The molecule has 1 fully saturated rings. The van der Waals surface area contributed by atoms with Gasteiger partial charge < -0.3 is 10.6 Å². The molecule has 1 unspecified atom stereocenters. The Kier molecular flexibility index (Phi) is 4.81. The van der Waals surface area contributed by atoms with Gasteiger partial charge in [-0.2, -0.15) is 0 Å². The van der Waals surface area contributed by atoms with Crippen LogP contribution in [0.25, 0.3) is 0 Å². The van der Waals surface area contributed by atoms with E-state index in [0.29, 0.717) is 30.3 Å². The minimum absolute atomic E-state index is 0.0418. The van der Waals surface area contributed by atoms with Crippen molar-refractivity contribution in [2.45, 2.75) is 45.4 Å². The molecule has 6 heteroatoms. The molecule has 142 valence electrons. The number of hydrogen-bond acceptors (Lipinski definition) is 4. The molecule has 2 aromatic rings. The first-order chi connectivity index (χ1) is 13.0. The minimum atomic E-state index is -0.165. The van der Waals surface area contributed by atoms with Crippen molar-refractivity contribution >= 4 is 11.9 Å². The zero-order valence-electron chi connectivity index (χ0n) is 15.7. The van der Waals surface area contributed by atoms with Crippen LogP contribution in [-0.4, -0.2) is 33.9 Å². The van der Waals surface area contributed by atoms with Crippen molar-refractivity contribution in [2.75, 3.05) is 18.8 Å². The topological polar surface area (TPSA) is 72.1 Å². The fourth-order valence-electron chi connectivity index (χ4n) is 4.22. The molecular weight excluding hydrogens is 343 g/mol. The molecule has 5 nitrogen and oxygen atoms in total. The van der Waals surface area contributed by atoms with Gasteiger partial charge in [-0.25, -0.2) is 14.4 Å². The Morgan fingerprint density at radius 1 is 1.30 bits per heavy atom. The molecule has 1 atom stereocenters. The molecule has 2 N–H and O–H groups in total. The minimum Gasteiger partial charge on any atom is -0.368 e. The van der Waals surface area contributed by atoms with Crippen LogP contribution in [0, 0.1) is 18.7 Å². The van der Waals surface area contributed by atoms with Crippen molar-refractivity contribution < 1.29 is 9.18 Å². The Balaban J connectivity index is 1.48. The number of amides is 1. The standard InChI is InChI=1S/C21H25FN4O/c1-13-6-7-14(11-17(13)22)10-15-8-9-26(12-15)20(27)19-16-4-2-3-5-18(16)24-21(23)25-19/h6-7,11,15H,2-5,8-10,12H2,1H3,(H2,23,24,25). The van der Waals surface area contributed by atoms with E-state index < -0.39 is 0 Å². The highest BCUT2D eigenvalue weighted by Gasteiger charge is 2.31. The molecule has 1 aromatic carbocycles. The summed E-state index contributed by atoms with van der Waals surface area (Å²) in [7, 11) is 0. The summed E-state index contributed by atoms with van der Waals surface area (Å²) in [5, 5.41) is 0. The molecule has 0 spiro atoms. The predicted molar refractivity (Wildman–Crippen MR) is 102 cm³/mol. The largest absolute Gasteiger partial charge is 0.368 e. The fraction of sp³-hybridized carbons (Fsp3) is 0.476. The van der Waals surface area contributed by atoms with Crippen LogP contribution < -0.4 is 5.73 Å². The first kappa shape index (κ1) is 17.9. The van der Waals surface area contributed by atoms with Gasteiger partial charge >= 0.3 is 0 Å². The van der Waals surface area contributed by atoms with Gasteiger partial charge in [-0.1, -0.05) is 12.1 Å². The van der Waals surface area contributed by atoms with Crippen molar-refractivity contribution in [3.63, 3.8) is 0 Å². The van der Waals surface area contributed by atoms with Gasteiger partial charge in [0.1, 0.15) is 11.5 Å². The number of carbonyl (C=O) groups is 1. The lowest BCUT2D eigenvalue weighted by Gasteiger charge is -2.21. The summed E-state index contributed by atoms with van der Waals surface area (Å²) in [6, 6.07) is 5.41. The first-order valence-electron chi connectivity index (χ1n) is 9.71. The number of aryl methyl sites for hydroxylation is 2. The molecule has 2 heterocycles. The van der Waals surface area contributed by atoms with Crippen LogP contribution in [0.4, 0.5) is 10.3 Å². The summed E-state index contributed by atoms with van der Waals surface area (Å²) in [6.07, 6.45) is 5.55. The predicted octanol–water partition coefficient (Wildman–Crippen LogP) is 3.09. The molecule has 1 saturated heterocycles. The highest BCUT2D eigenvalue weighted by atomic mass is 19.1. The lowest BCUT2D eigenvalue weighted by Crippen LogP contribution is -2.32. The number of likely N-dealkylation sites (tertiary alicyclic amines) is 1. The molecule has 4 rings (SSSR count). The number of carbonyl (C=O) groups excluding carboxylic acids is 1. The third-order valence-corrected chi connectivity index (χ3v) is 5.74. The Bertz CT molecular complexity index is 883. The molecule has 27 heavy (non-hydrogen) atoms. The molecule has 1 aliphatic heterocycles. The number of halogens is 1. The zero-order chi connectivity index (χ0) is 19.0. The van der Waals surface area contributed by atoms with Crippen molar-refractivity contribution in [1.29, 1.82) is 0 Å². The Hall–Kier alpha value is -2.50. The van der Waals surface area contributed by atoms with Crippen molar-refractivity contribution in [2.24, 2.45) is 5.92 Å². The van der Waals surface area contributed by atoms with E-state index in [-0.39, 0.29) is 17.7 Å². The quantitative estimate of drug-likeness (QED) is 0.904. The average molecular weight is 368 g/mol. The number of benzene rings is 1. The van der Waals surface area contributed by atoms with E-state index in [9.17, 15) is 9.18 Å². The Morgan fingerprint density at radius 3 is 2.93 bits per heavy atom. The van der Waals surface area contributed by atoms with Crippen molar-refractivity contribution in [1.82, 2.24) is 14.9 Å². The van der Waals surface area contributed by atoms with E-state index in [4.69, 9.17) is 5.73 Å². The second kappa shape index (κ2) is 7.25. The van der Waals surface area contributed by atoms with E-state index in [0.717, 1.165) is 55.3 Å². The Morgan fingerprint density at radius 2 is 2.11 bits per heavy atom. The summed E-state index contributed by atoms with van der Waals surface area (Å²) in [5.74, 6) is 0.317. The molecule has 1 aliphatic carbocycles. The van der Waals surface area contributed by atoms with Crippen LogP contribution >= 0.6 is 0 Å². The lowest BCUT2D eigenvalue weighted by atomic mass is 9.94. The van der Waals surface area contributed by atoms with Gasteiger partial charge in [-0.3, -0.25) is 4.79 Å². The molecular formula is C21H25FN4O. The summed E-state index contributed by atoms with van der Waals surface area (Å²) < 4.78 is 13.8. The fourth-order valence-corrected chi connectivity index (χ4v) is 4.22. The van der Waals surface area contributed by atoms with Crippen LogP contribution in [0.5, 0.6) is 0 Å². The van der Waals surface area contributed by atoms with Gasteiger partial charge in [0, 0.05) is 24.3 Å². The number of rotatable bonds is 3. The molecule has 1 amide bonds. The molecule has 0 radical (unpaired) electrons. The lowest BCUT2D eigenvalue weighted by molar-refractivity contribution is 0.0779. The van der Waals surface area contributed by atoms with E-state index >= 15 is 0 Å². The van der Waals surface area contributed by atoms with E-state index in [1.807, 2.05) is 17.0 Å². The van der Waals surface area contributed by atoms with Crippen LogP contribution in [-0.2, 0) is 19.3 Å². The maximum absolute atomic E-state index is 13.8. The smallest absolute Gasteiger partial charge is 0.272 e.